The van der Waals surface area contributed by atoms with Crippen LogP contribution in [0.25, 0.3) is 11.1 Å². The number of carboxylic acid groups (broad SMARTS) is 1. The summed E-state index contributed by atoms with van der Waals surface area (Å²) >= 11 is 6.72. The first kappa shape index (κ1) is 56.0. The molecule has 5 aromatic carbocycles. The minimum atomic E-state index is -2.15. The monoisotopic (exact) mass is 1110 g/mol. The number of hydrogen-bond donors (Lipinski definition) is 16. The second-order valence-electron chi connectivity index (χ2n) is 18.7. The fourth-order valence-electron chi connectivity index (χ4n) is 9.12. The van der Waals surface area contributed by atoms with Gasteiger partial charge in [-0.05, 0) is 96.2 Å². The standard InChI is InChI=1S/C52H52ClN9O17/c53-28-14-22-7-11-33(28)79-35-16-23-15-34(45(35)69)78-25-8-4-20(5-9-25)43(67)41-51(75)60-40(52(76)77)27-17-24(63)18-32(65)37(27)26-13-21(6-10-31(26)64)38(48(72)62-41)59-49(73)39(23)58-47(71)30(19-36(56)66)57-50(74)42(44(22)68)61-46(70)29(55)3-1-2-12-54/h4-11,13-18,29-30,38-44,63-65,67-69H,1-3,12,19,54-55H2,(H2,56,66)(H,57,74)(H,58,71)(H,59,73)(H,60,75)(H,61,70)(H,62,72)(H,76,77)/t29-,30-,38+,39+,40-,41-,42+,43?,44+/m0/s1. The normalized spacial score (nSPS) is 22.5. The van der Waals surface area contributed by atoms with Crippen LogP contribution in [0.3, 0.4) is 0 Å². The lowest BCUT2D eigenvalue weighted by molar-refractivity contribution is -0.143. The Hall–Kier alpha value is -9.21. The quantitative estimate of drug-likeness (QED) is 0.0897. The zero-order valence-electron chi connectivity index (χ0n) is 41.1. The van der Waals surface area contributed by atoms with E-state index >= 15 is 4.79 Å². The predicted molar refractivity (Wildman–Crippen MR) is 274 cm³/mol. The smallest absolute Gasteiger partial charge is 0.330 e. The first-order valence-corrected chi connectivity index (χ1v) is 24.6. The number of carboxylic acids is 1. The zero-order valence-corrected chi connectivity index (χ0v) is 41.9. The number of carbonyl (C=O) groups excluding carboxylic acids is 7. The number of phenols is 4. The molecule has 19 N–H and O–H groups in total. The van der Waals surface area contributed by atoms with Gasteiger partial charge in [-0.15, -0.1) is 0 Å². The number of unbranched alkanes of at least 4 members (excludes halogenated alkanes) is 1. The number of nitrogens with two attached hydrogens (primary N) is 3. The number of hydrogen-bond acceptors (Lipinski definition) is 18. The number of primary amides is 1. The van der Waals surface area contributed by atoms with Crippen LogP contribution in [0.1, 0.15) is 83.8 Å². The van der Waals surface area contributed by atoms with Crippen molar-refractivity contribution in [2.24, 2.45) is 17.2 Å². The lowest BCUT2D eigenvalue weighted by Gasteiger charge is -2.31. The molecule has 27 heteroatoms. The fraction of sp³-hybridized carbons (Fsp3) is 0.269. The Morgan fingerprint density at radius 2 is 1.30 bits per heavy atom. The van der Waals surface area contributed by atoms with E-state index in [4.69, 9.17) is 38.3 Å². The molecule has 1 unspecified atom stereocenters. The molecular weight excluding hydrogens is 1060 g/mol. The number of nitrogens with one attached hydrogen (secondary N) is 6. The lowest BCUT2D eigenvalue weighted by Crippen LogP contribution is -2.59. The van der Waals surface area contributed by atoms with Crippen LogP contribution < -0.4 is 58.6 Å². The van der Waals surface area contributed by atoms with E-state index in [9.17, 15) is 69.3 Å². The number of ether oxygens (including phenoxy) is 2. The summed E-state index contributed by atoms with van der Waals surface area (Å²) in [7, 11) is 0. The van der Waals surface area contributed by atoms with Crippen molar-refractivity contribution in [3.05, 3.63) is 118 Å². The molecular formula is C52H52ClN9O17. The number of carbonyl (C=O) groups is 8. The third-order valence-electron chi connectivity index (χ3n) is 13.2. The van der Waals surface area contributed by atoms with Gasteiger partial charge in [0.2, 0.25) is 47.1 Å². The van der Waals surface area contributed by atoms with Crippen LogP contribution in [0.2, 0.25) is 5.02 Å². The number of aliphatic carboxylic acids is 1. The summed E-state index contributed by atoms with van der Waals surface area (Å²) in [4.78, 5) is 113. The minimum absolute atomic E-state index is 0.0867. The highest BCUT2D eigenvalue weighted by molar-refractivity contribution is 6.32. The molecule has 9 atom stereocenters. The van der Waals surface area contributed by atoms with E-state index < -0.39 is 159 Å². The molecule has 7 amide bonds. The van der Waals surface area contributed by atoms with E-state index in [-0.39, 0.29) is 45.2 Å². The van der Waals surface area contributed by atoms with E-state index in [1.807, 2.05) is 0 Å². The Morgan fingerprint density at radius 3 is 1.97 bits per heavy atom. The third kappa shape index (κ3) is 12.0. The van der Waals surface area contributed by atoms with Crippen molar-refractivity contribution < 1.29 is 83.6 Å². The first-order chi connectivity index (χ1) is 37.5. The Balaban J connectivity index is 1.33. The van der Waals surface area contributed by atoms with Crippen LogP contribution in [0.15, 0.2) is 84.9 Å². The third-order valence-corrected chi connectivity index (χ3v) is 13.5. The highest BCUT2D eigenvalue weighted by Crippen LogP contribution is 2.47. The topological polar surface area (TPSA) is 447 Å². The maximum atomic E-state index is 15.3. The summed E-state index contributed by atoms with van der Waals surface area (Å²) in [6.07, 6.45) is -3.96. The summed E-state index contributed by atoms with van der Waals surface area (Å²) in [6, 6.07) is 1.91. The van der Waals surface area contributed by atoms with Crippen LogP contribution in [0.4, 0.5) is 0 Å². The van der Waals surface area contributed by atoms with Crippen molar-refractivity contribution in [3.63, 3.8) is 0 Å². The van der Waals surface area contributed by atoms with Crippen LogP contribution in [-0.4, -0.2) is 114 Å². The van der Waals surface area contributed by atoms with E-state index in [2.05, 4.69) is 31.9 Å². The molecule has 0 aliphatic carbocycles. The molecule has 5 aliphatic heterocycles. The maximum Gasteiger partial charge on any atom is 0.330 e. The van der Waals surface area contributed by atoms with Crippen LogP contribution in [0, 0.1) is 0 Å². The zero-order chi connectivity index (χ0) is 57.1. The van der Waals surface area contributed by atoms with Crippen molar-refractivity contribution in [1.29, 1.82) is 0 Å². The highest BCUT2D eigenvalue weighted by atomic mass is 35.5. The number of aromatic hydroxyl groups is 4. The van der Waals surface area contributed by atoms with Gasteiger partial charge in [0, 0.05) is 22.8 Å². The molecule has 5 heterocycles. The molecule has 0 aromatic heterocycles. The van der Waals surface area contributed by atoms with Crippen LogP contribution in [0.5, 0.6) is 46.0 Å². The minimum Gasteiger partial charge on any atom is -0.508 e. The Kier molecular flexibility index (Phi) is 16.4. The van der Waals surface area contributed by atoms with Crippen molar-refractivity contribution in [1.82, 2.24) is 31.9 Å². The lowest BCUT2D eigenvalue weighted by atomic mass is 9.89. The van der Waals surface area contributed by atoms with Gasteiger partial charge in [0.05, 0.1) is 17.5 Å². The fourth-order valence-corrected chi connectivity index (χ4v) is 9.35. The molecule has 0 saturated carbocycles. The number of aliphatic hydroxyl groups is 2. The van der Waals surface area contributed by atoms with Crippen LogP contribution in [-0.2, 0) is 38.4 Å². The molecule has 0 fully saturated rings. The van der Waals surface area contributed by atoms with Crippen molar-refractivity contribution in [2.45, 2.75) is 80.2 Å². The molecule has 5 aromatic rings. The molecule has 10 rings (SSSR count). The molecule has 414 valence electrons. The predicted octanol–water partition coefficient (Wildman–Crippen LogP) is 0.564. The molecule has 26 nitrogen and oxygen atoms in total. The van der Waals surface area contributed by atoms with E-state index in [0.29, 0.717) is 19.4 Å². The molecule has 5 aliphatic rings. The van der Waals surface area contributed by atoms with Gasteiger partial charge in [0.1, 0.15) is 71.2 Å². The molecule has 79 heavy (non-hydrogen) atoms. The van der Waals surface area contributed by atoms with Crippen LogP contribution >= 0.6 is 11.6 Å². The number of halogens is 1. The number of amides is 7. The van der Waals surface area contributed by atoms with Gasteiger partial charge in [0.25, 0.3) is 0 Å². The summed E-state index contributed by atoms with van der Waals surface area (Å²) < 4.78 is 12.2. The van der Waals surface area contributed by atoms with Gasteiger partial charge in [0.15, 0.2) is 17.5 Å². The summed E-state index contributed by atoms with van der Waals surface area (Å²) in [6.45, 7) is 0.297. The van der Waals surface area contributed by atoms with Crippen molar-refractivity contribution in [3.8, 4) is 57.1 Å². The van der Waals surface area contributed by atoms with Gasteiger partial charge in [-0.3, -0.25) is 33.6 Å². The average molecular weight is 1110 g/mol. The van der Waals surface area contributed by atoms with E-state index in [1.165, 1.54) is 36.4 Å². The van der Waals surface area contributed by atoms with Gasteiger partial charge in [-0.1, -0.05) is 42.3 Å². The first-order valence-electron chi connectivity index (χ1n) is 24.2. The highest BCUT2D eigenvalue weighted by Gasteiger charge is 2.41. The Labute approximate surface area is 451 Å². The summed E-state index contributed by atoms with van der Waals surface area (Å²) in [5.41, 5.74) is 15.2. The van der Waals surface area contributed by atoms with Gasteiger partial charge >= 0.3 is 5.97 Å². The van der Waals surface area contributed by atoms with Gasteiger partial charge in [-0.25, -0.2) is 4.79 Å². The molecule has 0 saturated heterocycles. The van der Waals surface area contributed by atoms with Crippen molar-refractivity contribution in [2.75, 3.05) is 6.54 Å². The van der Waals surface area contributed by atoms with E-state index in [1.54, 1.807) is 0 Å². The number of phenolic OH excluding ortho intramolecular Hbond substituents is 4. The second-order valence-corrected chi connectivity index (χ2v) is 19.1. The second kappa shape index (κ2) is 23.2. The largest absolute Gasteiger partial charge is 0.508 e. The number of rotatable bonds is 9. The molecule has 0 spiro atoms. The average Bonchev–Trinajstić information content (AvgIpc) is 3.44. The van der Waals surface area contributed by atoms with Gasteiger partial charge in [-0.2, -0.15) is 0 Å². The Morgan fingerprint density at radius 1 is 0.658 bits per heavy atom. The maximum absolute atomic E-state index is 15.3. The number of fused-ring (bicyclic) bond motifs is 15. The summed E-state index contributed by atoms with van der Waals surface area (Å²) in [5.74, 6) is -14.7. The number of benzene rings is 5. The molecule has 0 radical (unpaired) electrons. The summed E-state index contributed by atoms with van der Waals surface area (Å²) in [5, 5.41) is 93.1. The SMILES string of the molecule is NCCCC[C@H](N)C(=O)N[C@H]1C(=O)N[C@@H](CC(N)=O)C(=O)N[C@H]2C(=O)N[C@H]3C(=O)N[C@H](C(=O)N[C@H](C(=O)O)c4cc(O)cc(O)c4-c4cc3ccc4O)C(O)c3ccc(cc3)Oc3cc2cc(c3O)Oc2ccc(cc2Cl)[C@H]1O. The van der Waals surface area contributed by atoms with Crippen molar-refractivity contribution >= 4 is 58.9 Å². The van der Waals surface area contributed by atoms with E-state index in [0.717, 1.165) is 48.5 Å². The Bertz CT molecular complexity index is 3290. The van der Waals surface area contributed by atoms with Gasteiger partial charge < -0.3 is 94.3 Å². The number of aliphatic hydroxyl groups excluding tert-OH is 2. The molecule has 11 bridgehead atoms.